The van der Waals surface area contributed by atoms with Crippen molar-refractivity contribution >= 4 is 17.2 Å². The third kappa shape index (κ3) is 5.27. The molecule has 0 heterocycles. The lowest BCUT2D eigenvalue weighted by molar-refractivity contribution is 0.0976. The maximum atomic E-state index is 5.77. The molecule has 106 valence electrons. The van der Waals surface area contributed by atoms with Gasteiger partial charge in [0.25, 0.3) is 0 Å². The highest BCUT2D eigenvalue weighted by molar-refractivity contribution is 7.80. The maximum absolute atomic E-state index is 5.77. The Labute approximate surface area is 121 Å². The Kier molecular flexibility index (Phi) is 6.99. The highest BCUT2D eigenvalue weighted by atomic mass is 32.1. The summed E-state index contributed by atoms with van der Waals surface area (Å²) in [5.74, 6) is 0. The number of ether oxygens (including phenoxy) is 1. The monoisotopic (exact) mass is 280 g/mol. The van der Waals surface area contributed by atoms with Crippen LogP contribution in [0.25, 0.3) is 0 Å². The molecule has 0 radical (unpaired) electrons. The Morgan fingerprint density at radius 2 is 1.95 bits per heavy atom. The number of methoxy groups -OCH3 is 1. The summed E-state index contributed by atoms with van der Waals surface area (Å²) in [7, 11) is 1.73. The Bertz CT molecular complexity index is 381. The number of thiocarbonyl (C=S) groups is 1. The summed E-state index contributed by atoms with van der Waals surface area (Å²) in [6.45, 7) is 5.95. The fourth-order valence-electron chi connectivity index (χ4n) is 2.26. The van der Waals surface area contributed by atoms with Crippen molar-refractivity contribution in [1.29, 1.82) is 0 Å². The second kappa shape index (κ2) is 8.25. The zero-order valence-electron chi connectivity index (χ0n) is 12.0. The van der Waals surface area contributed by atoms with Crippen LogP contribution < -0.4 is 5.73 Å². The molecule has 3 nitrogen and oxygen atoms in total. The molecule has 1 rings (SSSR count). The molecule has 0 spiro atoms. The van der Waals surface area contributed by atoms with Crippen LogP contribution in [0.4, 0.5) is 0 Å². The highest BCUT2D eigenvalue weighted by Gasteiger charge is 2.23. The summed E-state index contributed by atoms with van der Waals surface area (Å²) < 4.78 is 5.21. The van der Waals surface area contributed by atoms with Gasteiger partial charge in [-0.25, -0.2) is 0 Å². The molecular formula is C15H24N2OS. The molecule has 0 amide bonds. The topological polar surface area (TPSA) is 38.5 Å². The van der Waals surface area contributed by atoms with Crippen LogP contribution >= 0.6 is 12.2 Å². The first kappa shape index (κ1) is 16.1. The zero-order chi connectivity index (χ0) is 14.3. The van der Waals surface area contributed by atoms with E-state index in [1.54, 1.807) is 7.11 Å². The van der Waals surface area contributed by atoms with Crippen molar-refractivity contribution < 1.29 is 4.74 Å². The molecule has 4 heteroatoms. The SMILES string of the molecule is COCCN(C(C)C)C(CC(N)=S)c1ccccc1. The summed E-state index contributed by atoms with van der Waals surface area (Å²) in [6, 6.07) is 11.0. The first-order valence-electron chi connectivity index (χ1n) is 6.64. The number of hydrogen-bond acceptors (Lipinski definition) is 3. The maximum Gasteiger partial charge on any atom is 0.0746 e. The van der Waals surface area contributed by atoms with Gasteiger partial charge < -0.3 is 10.5 Å². The van der Waals surface area contributed by atoms with E-state index in [0.29, 0.717) is 24.1 Å². The molecule has 0 aliphatic rings. The summed E-state index contributed by atoms with van der Waals surface area (Å²) >= 11 is 5.11. The smallest absolute Gasteiger partial charge is 0.0746 e. The first-order chi connectivity index (χ1) is 9.06. The number of rotatable bonds is 8. The van der Waals surface area contributed by atoms with Crippen LogP contribution in [0.5, 0.6) is 0 Å². The van der Waals surface area contributed by atoms with E-state index in [4.69, 9.17) is 22.7 Å². The van der Waals surface area contributed by atoms with Gasteiger partial charge in [0.05, 0.1) is 11.6 Å². The van der Waals surface area contributed by atoms with Crippen LogP contribution in [-0.2, 0) is 4.74 Å². The Balaban J connectivity index is 2.95. The quantitative estimate of drug-likeness (QED) is 0.743. The van der Waals surface area contributed by atoms with Crippen molar-refractivity contribution in [3.8, 4) is 0 Å². The molecule has 0 bridgehead atoms. The fourth-order valence-corrected chi connectivity index (χ4v) is 2.42. The van der Waals surface area contributed by atoms with Gasteiger partial charge >= 0.3 is 0 Å². The molecule has 19 heavy (non-hydrogen) atoms. The van der Waals surface area contributed by atoms with Gasteiger partial charge in [-0.05, 0) is 19.4 Å². The molecule has 0 saturated heterocycles. The summed E-state index contributed by atoms with van der Waals surface area (Å²) in [6.07, 6.45) is 0.696. The lowest BCUT2D eigenvalue weighted by atomic mass is 10.0. The molecular weight excluding hydrogens is 256 g/mol. The van der Waals surface area contributed by atoms with E-state index in [0.717, 1.165) is 6.54 Å². The second-order valence-electron chi connectivity index (χ2n) is 4.92. The van der Waals surface area contributed by atoms with E-state index in [1.807, 2.05) is 6.07 Å². The molecule has 0 saturated carbocycles. The van der Waals surface area contributed by atoms with Gasteiger partial charge in [-0.3, -0.25) is 4.90 Å². The number of nitrogens with two attached hydrogens (primary N) is 1. The van der Waals surface area contributed by atoms with Gasteiger partial charge in [-0.2, -0.15) is 0 Å². The standard InChI is InChI=1S/C15H24N2OS/c1-12(2)17(9-10-18-3)14(11-15(16)19)13-7-5-4-6-8-13/h4-8,12,14H,9-11H2,1-3H3,(H2,16,19). The Morgan fingerprint density at radius 1 is 1.32 bits per heavy atom. The van der Waals surface area contributed by atoms with Crippen molar-refractivity contribution in [3.05, 3.63) is 35.9 Å². The van der Waals surface area contributed by atoms with Crippen LogP contribution in [0, 0.1) is 0 Å². The molecule has 1 aromatic rings. The van der Waals surface area contributed by atoms with E-state index in [-0.39, 0.29) is 6.04 Å². The van der Waals surface area contributed by atoms with Gasteiger partial charge in [-0.15, -0.1) is 0 Å². The van der Waals surface area contributed by atoms with Crippen molar-refractivity contribution in [2.45, 2.75) is 32.4 Å². The van der Waals surface area contributed by atoms with Crippen LogP contribution in [0.3, 0.4) is 0 Å². The van der Waals surface area contributed by atoms with E-state index >= 15 is 0 Å². The van der Waals surface area contributed by atoms with E-state index < -0.39 is 0 Å². The minimum atomic E-state index is 0.217. The molecule has 0 aliphatic carbocycles. The molecule has 1 unspecified atom stereocenters. The minimum absolute atomic E-state index is 0.217. The second-order valence-corrected chi connectivity index (χ2v) is 5.45. The van der Waals surface area contributed by atoms with Gasteiger partial charge in [0.15, 0.2) is 0 Å². The van der Waals surface area contributed by atoms with E-state index in [1.165, 1.54) is 5.56 Å². The predicted molar refractivity (Wildman–Crippen MR) is 84.3 cm³/mol. The van der Waals surface area contributed by atoms with E-state index in [2.05, 4.69) is 43.0 Å². The van der Waals surface area contributed by atoms with Gasteiger partial charge in [0.1, 0.15) is 0 Å². The fraction of sp³-hybridized carbons (Fsp3) is 0.533. The lowest BCUT2D eigenvalue weighted by Gasteiger charge is -2.35. The molecule has 1 atom stereocenters. The van der Waals surface area contributed by atoms with Gasteiger partial charge in [0, 0.05) is 32.2 Å². The molecule has 0 fully saturated rings. The summed E-state index contributed by atoms with van der Waals surface area (Å²) in [5.41, 5.74) is 7.02. The Morgan fingerprint density at radius 3 is 2.42 bits per heavy atom. The minimum Gasteiger partial charge on any atom is -0.393 e. The average Bonchev–Trinajstić information content (AvgIpc) is 2.38. The number of benzene rings is 1. The highest BCUT2D eigenvalue weighted by Crippen LogP contribution is 2.26. The lowest BCUT2D eigenvalue weighted by Crippen LogP contribution is -2.39. The first-order valence-corrected chi connectivity index (χ1v) is 7.05. The summed E-state index contributed by atoms with van der Waals surface area (Å²) in [5, 5.41) is 0. The third-order valence-electron chi connectivity index (χ3n) is 3.20. The van der Waals surface area contributed by atoms with Crippen molar-refractivity contribution in [2.75, 3.05) is 20.3 Å². The molecule has 0 aliphatic heterocycles. The molecule has 0 aromatic heterocycles. The molecule has 1 aromatic carbocycles. The van der Waals surface area contributed by atoms with Crippen molar-refractivity contribution in [1.82, 2.24) is 4.90 Å². The average molecular weight is 280 g/mol. The van der Waals surface area contributed by atoms with Crippen LogP contribution in [0.2, 0.25) is 0 Å². The largest absolute Gasteiger partial charge is 0.393 e. The van der Waals surface area contributed by atoms with E-state index in [9.17, 15) is 0 Å². The van der Waals surface area contributed by atoms with Crippen molar-refractivity contribution in [2.24, 2.45) is 5.73 Å². The Hall–Kier alpha value is -0.970. The van der Waals surface area contributed by atoms with Crippen molar-refractivity contribution in [3.63, 3.8) is 0 Å². The van der Waals surface area contributed by atoms with Crippen LogP contribution in [0.15, 0.2) is 30.3 Å². The normalized spacial score (nSPS) is 12.9. The summed E-state index contributed by atoms with van der Waals surface area (Å²) in [4.78, 5) is 2.94. The zero-order valence-corrected chi connectivity index (χ0v) is 12.8. The third-order valence-corrected chi connectivity index (χ3v) is 3.36. The number of hydrogen-bond donors (Lipinski definition) is 1. The predicted octanol–water partition coefficient (Wildman–Crippen LogP) is 2.76. The van der Waals surface area contributed by atoms with Gasteiger partial charge in [-0.1, -0.05) is 42.5 Å². The van der Waals surface area contributed by atoms with Gasteiger partial charge in [0.2, 0.25) is 0 Å². The number of nitrogens with zero attached hydrogens (tertiary/aromatic N) is 1. The van der Waals surface area contributed by atoms with Crippen LogP contribution in [-0.4, -0.2) is 36.2 Å². The van der Waals surface area contributed by atoms with Crippen LogP contribution in [0.1, 0.15) is 31.9 Å². The molecule has 2 N–H and O–H groups in total.